The number of benzene rings is 3. The summed E-state index contributed by atoms with van der Waals surface area (Å²) in [6, 6.07) is 17.6. The minimum absolute atomic E-state index is 0.149. The van der Waals surface area contributed by atoms with E-state index in [2.05, 4.69) is 15.4 Å². The normalized spacial score (nSPS) is 10.8. The maximum Gasteiger partial charge on any atom is 0.336 e. The zero-order valence-electron chi connectivity index (χ0n) is 18.9. The Morgan fingerprint density at radius 3 is 2.53 bits per heavy atom. The van der Waals surface area contributed by atoms with Gasteiger partial charge < -0.3 is 14.8 Å². The monoisotopic (exact) mass is 527 g/mol. The molecule has 0 spiro atoms. The molecular formula is C24H19Cl2N5O5. The minimum atomic E-state index is -0.553. The molecule has 3 aromatic carbocycles. The number of anilines is 1. The third-order valence-electron chi connectivity index (χ3n) is 4.97. The van der Waals surface area contributed by atoms with Crippen LogP contribution < -0.4 is 10.1 Å². The number of methoxy groups -OCH3 is 1. The van der Waals surface area contributed by atoms with Gasteiger partial charge in [-0.1, -0.05) is 29.3 Å². The molecule has 0 saturated carbocycles. The molecule has 36 heavy (non-hydrogen) atoms. The third-order valence-corrected chi connectivity index (χ3v) is 5.71. The number of amides is 1. The van der Waals surface area contributed by atoms with Crippen LogP contribution in [-0.4, -0.2) is 45.9 Å². The van der Waals surface area contributed by atoms with Crippen LogP contribution in [0.5, 0.6) is 6.01 Å². The van der Waals surface area contributed by atoms with E-state index in [9.17, 15) is 14.9 Å². The number of hydrogen-bond donors (Lipinski definition) is 1. The number of nitro benzene ring substituents is 1. The predicted molar refractivity (Wildman–Crippen MR) is 135 cm³/mol. The molecule has 1 amide bonds. The maximum atomic E-state index is 12.6. The van der Waals surface area contributed by atoms with Gasteiger partial charge in [0.15, 0.2) is 5.82 Å². The van der Waals surface area contributed by atoms with Crippen LogP contribution in [0.3, 0.4) is 0 Å². The zero-order chi connectivity index (χ0) is 25.7. The summed E-state index contributed by atoms with van der Waals surface area (Å²) < 4.78 is 12.2. The van der Waals surface area contributed by atoms with Gasteiger partial charge in [-0.2, -0.15) is 4.98 Å². The summed E-state index contributed by atoms with van der Waals surface area (Å²) >= 11 is 12.3. The number of carbonyl (C=O) groups is 1. The Bertz CT molecular complexity index is 1410. The van der Waals surface area contributed by atoms with Gasteiger partial charge in [-0.3, -0.25) is 14.9 Å². The maximum absolute atomic E-state index is 12.6. The average Bonchev–Trinajstić information content (AvgIpc) is 3.30. The highest BCUT2D eigenvalue weighted by molar-refractivity contribution is 6.42. The first-order chi connectivity index (χ1) is 17.4. The third kappa shape index (κ3) is 5.80. The standard InChI is InChI=1S/C24H19Cl2N5O5/c1-35-11-12-36-24-28-22(15-5-10-20(25)21(26)14-15)30(29-24)18-8-6-17(7-9-18)27-23(32)16-3-2-4-19(13-16)31(33)34/h2-10,13-14H,11-12H2,1H3,(H,27,32). The van der Waals surface area contributed by atoms with Gasteiger partial charge in [0, 0.05) is 36.1 Å². The van der Waals surface area contributed by atoms with Crippen LogP contribution in [0, 0.1) is 10.1 Å². The molecule has 0 unspecified atom stereocenters. The summed E-state index contributed by atoms with van der Waals surface area (Å²) in [4.78, 5) is 27.5. The highest BCUT2D eigenvalue weighted by Crippen LogP contribution is 2.30. The topological polar surface area (TPSA) is 121 Å². The van der Waals surface area contributed by atoms with Gasteiger partial charge in [0.05, 0.1) is 27.3 Å². The predicted octanol–water partition coefficient (Wildman–Crippen LogP) is 5.43. The number of hydrogen-bond acceptors (Lipinski definition) is 7. The van der Waals surface area contributed by atoms with E-state index in [0.717, 1.165) is 0 Å². The van der Waals surface area contributed by atoms with E-state index >= 15 is 0 Å². The summed E-state index contributed by atoms with van der Waals surface area (Å²) in [7, 11) is 1.57. The Balaban J connectivity index is 1.60. The fourth-order valence-electron chi connectivity index (χ4n) is 3.22. The molecule has 184 valence electrons. The molecule has 0 aliphatic heterocycles. The first-order valence-corrected chi connectivity index (χ1v) is 11.3. The number of nitrogens with zero attached hydrogens (tertiary/aromatic N) is 4. The van der Waals surface area contributed by atoms with Crippen molar-refractivity contribution in [2.24, 2.45) is 0 Å². The van der Waals surface area contributed by atoms with E-state index in [1.54, 1.807) is 54.3 Å². The van der Waals surface area contributed by atoms with Gasteiger partial charge in [-0.25, -0.2) is 4.68 Å². The molecule has 0 bridgehead atoms. The Hall–Kier alpha value is -3.99. The molecule has 1 heterocycles. The van der Waals surface area contributed by atoms with Crippen molar-refractivity contribution in [1.82, 2.24) is 14.8 Å². The molecule has 0 aliphatic rings. The second kappa shape index (κ2) is 11.2. The van der Waals surface area contributed by atoms with Gasteiger partial charge in [-0.15, -0.1) is 5.10 Å². The fourth-order valence-corrected chi connectivity index (χ4v) is 3.52. The lowest BCUT2D eigenvalue weighted by Gasteiger charge is -2.09. The number of halogens is 2. The van der Waals surface area contributed by atoms with Gasteiger partial charge in [-0.05, 0) is 48.5 Å². The Labute approximate surface area is 215 Å². The number of carbonyl (C=O) groups excluding carboxylic acids is 1. The molecule has 0 fully saturated rings. The SMILES string of the molecule is COCCOc1nc(-c2ccc(Cl)c(Cl)c2)n(-c2ccc(NC(=O)c3cccc([N+](=O)[O-])c3)cc2)n1. The van der Waals surface area contributed by atoms with Crippen molar-refractivity contribution in [3.8, 4) is 23.1 Å². The van der Waals surface area contributed by atoms with Gasteiger partial charge in [0.2, 0.25) is 0 Å². The summed E-state index contributed by atoms with van der Waals surface area (Å²) in [5, 5.41) is 18.9. The minimum Gasteiger partial charge on any atom is -0.460 e. The summed E-state index contributed by atoms with van der Waals surface area (Å²) in [5.74, 6) is -0.00751. The number of non-ortho nitro benzene ring substituents is 1. The van der Waals surface area contributed by atoms with E-state index in [1.165, 1.54) is 24.3 Å². The van der Waals surface area contributed by atoms with E-state index in [1.807, 2.05) is 0 Å². The lowest BCUT2D eigenvalue weighted by molar-refractivity contribution is -0.384. The van der Waals surface area contributed by atoms with Crippen molar-refractivity contribution in [3.63, 3.8) is 0 Å². The van der Waals surface area contributed by atoms with Crippen molar-refractivity contribution >= 4 is 40.5 Å². The number of aromatic nitrogens is 3. The molecular weight excluding hydrogens is 509 g/mol. The second-order valence-corrected chi connectivity index (χ2v) is 8.22. The van der Waals surface area contributed by atoms with Crippen molar-refractivity contribution in [2.75, 3.05) is 25.6 Å². The summed E-state index contributed by atoms with van der Waals surface area (Å²) in [6.07, 6.45) is 0. The lowest BCUT2D eigenvalue weighted by Crippen LogP contribution is -2.12. The van der Waals surface area contributed by atoms with Crippen molar-refractivity contribution in [3.05, 3.63) is 92.5 Å². The lowest BCUT2D eigenvalue weighted by atomic mass is 10.2. The number of nitrogens with one attached hydrogen (secondary N) is 1. The molecule has 0 atom stereocenters. The van der Waals surface area contributed by atoms with Crippen molar-refractivity contribution in [1.29, 1.82) is 0 Å². The average molecular weight is 528 g/mol. The second-order valence-electron chi connectivity index (χ2n) is 7.41. The van der Waals surface area contributed by atoms with E-state index in [4.69, 9.17) is 32.7 Å². The van der Waals surface area contributed by atoms with Crippen molar-refractivity contribution < 1.29 is 19.2 Å². The molecule has 1 N–H and O–H groups in total. The van der Waals surface area contributed by atoms with Crippen LogP contribution >= 0.6 is 23.2 Å². The molecule has 10 nitrogen and oxygen atoms in total. The van der Waals surface area contributed by atoms with Crippen LogP contribution in [-0.2, 0) is 4.74 Å². The first kappa shape index (κ1) is 25.1. The Morgan fingerprint density at radius 1 is 1.06 bits per heavy atom. The Kier molecular flexibility index (Phi) is 7.79. The van der Waals surface area contributed by atoms with E-state index in [0.29, 0.717) is 39.4 Å². The first-order valence-electron chi connectivity index (χ1n) is 10.6. The van der Waals surface area contributed by atoms with Crippen LogP contribution in [0.25, 0.3) is 17.1 Å². The molecule has 0 radical (unpaired) electrons. The zero-order valence-corrected chi connectivity index (χ0v) is 20.4. The molecule has 1 aromatic heterocycles. The number of ether oxygens (including phenoxy) is 2. The summed E-state index contributed by atoms with van der Waals surface area (Å²) in [5.41, 5.74) is 1.80. The van der Waals surface area contributed by atoms with Crippen LogP contribution in [0.15, 0.2) is 66.7 Å². The van der Waals surface area contributed by atoms with E-state index in [-0.39, 0.29) is 23.9 Å². The van der Waals surface area contributed by atoms with E-state index < -0.39 is 10.8 Å². The molecule has 4 rings (SSSR count). The smallest absolute Gasteiger partial charge is 0.336 e. The summed E-state index contributed by atoms with van der Waals surface area (Å²) in [6.45, 7) is 0.638. The number of rotatable bonds is 9. The van der Waals surface area contributed by atoms with Gasteiger partial charge in [0.1, 0.15) is 6.61 Å². The van der Waals surface area contributed by atoms with Crippen LogP contribution in [0.2, 0.25) is 10.0 Å². The largest absolute Gasteiger partial charge is 0.460 e. The molecule has 0 saturated heterocycles. The quantitative estimate of drug-likeness (QED) is 0.175. The van der Waals surface area contributed by atoms with Crippen molar-refractivity contribution in [2.45, 2.75) is 0 Å². The van der Waals surface area contributed by atoms with Gasteiger partial charge in [0.25, 0.3) is 11.6 Å². The molecule has 12 heteroatoms. The highest BCUT2D eigenvalue weighted by atomic mass is 35.5. The van der Waals surface area contributed by atoms with Crippen LogP contribution in [0.4, 0.5) is 11.4 Å². The number of nitro groups is 1. The Morgan fingerprint density at radius 2 is 1.83 bits per heavy atom. The molecule has 4 aromatic rings. The fraction of sp³-hybridized carbons (Fsp3) is 0.125. The highest BCUT2D eigenvalue weighted by Gasteiger charge is 2.17. The van der Waals surface area contributed by atoms with Gasteiger partial charge >= 0.3 is 6.01 Å². The van der Waals surface area contributed by atoms with Crippen LogP contribution in [0.1, 0.15) is 10.4 Å². The molecule has 0 aliphatic carbocycles.